The van der Waals surface area contributed by atoms with E-state index in [-0.39, 0.29) is 0 Å². The van der Waals surface area contributed by atoms with E-state index < -0.39 is 23.9 Å². The van der Waals surface area contributed by atoms with Crippen molar-refractivity contribution in [3.05, 3.63) is 101 Å². The average molecular weight is 415 g/mol. The Bertz CT molecular complexity index is 956. The summed E-state index contributed by atoms with van der Waals surface area (Å²) in [5.41, 5.74) is 1.04. The summed E-state index contributed by atoms with van der Waals surface area (Å²) >= 11 is 0. The van der Waals surface area contributed by atoms with Crippen LogP contribution in [0.25, 0.3) is 0 Å². The second-order valence-corrected chi connectivity index (χ2v) is 6.51. The SMILES string of the molecule is COC(NC(=O)c1ccc(OCc2ccccc2)cc1)c1ccc(C(F)(F)F)cc1. The molecule has 1 amide bonds. The zero-order valence-corrected chi connectivity index (χ0v) is 16.1. The molecule has 0 spiro atoms. The topological polar surface area (TPSA) is 47.6 Å². The lowest BCUT2D eigenvalue weighted by atomic mass is 10.1. The monoisotopic (exact) mass is 415 g/mol. The molecule has 1 N–H and O–H groups in total. The minimum atomic E-state index is -4.42. The predicted molar refractivity (Wildman–Crippen MR) is 106 cm³/mol. The number of nitrogens with one attached hydrogen (secondary N) is 1. The van der Waals surface area contributed by atoms with Crippen LogP contribution in [0.5, 0.6) is 5.75 Å². The van der Waals surface area contributed by atoms with E-state index >= 15 is 0 Å². The molecule has 0 aliphatic rings. The zero-order valence-electron chi connectivity index (χ0n) is 16.1. The summed E-state index contributed by atoms with van der Waals surface area (Å²) in [5, 5.41) is 2.65. The van der Waals surface area contributed by atoms with Crippen LogP contribution in [0.2, 0.25) is 0 Å². The fourth-order valence-corrected chi connectivity index (χ4v) is 2.77. The Hall–Kier alpha value is -3.32. The lowest BCUT2D eigenvalue weighted by molar-refractivity contribution is -0.137. The van der Waals surface area contributed by atoms with Crippen LogP contribution in [0.1, 0.15) is 33.3 Å². The quantitative estimate of drug-likeness (QED) is 0.529. The van der Waals surface area contributed by atoms with Crippen molar-refractivity contribution in [2.24, 2.45) is 0 Å². The van der Waals surface area contributed by atoms with E-state index in [1.807, 2.05) is 30.3 Å². The lowest BCUT2D eigenvalue weighted by Crippen LogP contribution is -2.29. The van der Waals surface area contributed by atoms with Crippen LogP contribution in [-0.2, 0) is 17.5 Å². The van der Waals surface area contributed by atoms with Crippen LogP contribution in [0, 0.1) is 0 Å². The molecule has 1 unspecified atom stereocenters. The number of ether oxygens (including phenoxy) is 2. The first kappa shape index (κ1) is 21.4. The van der Waals surface area contributed by atoms with Crippen molar-refractivity contribution in [2.75, 3.05) is 7.11 Å². The summed E-state index contributed by atoms with van der Waals surface area (Å²) in [6, 6.07) is 20.7. The number of rotatable bonds is 7. The fraction of sp³-hybridized carbons (Fsp3) is 0.174. The van der Waals surface area contributed by atoms with Gasteiger partial charge in [0.1, 0.15) is 12.4 Å². The number of alkyl halides is 3. The van der Waals surface area contributed by atoms with Gasteiger partial charge in [-0.25, -0.2) is 0 Å². The molecule has 0 aliphatic carbocycles. The second kappa shape index (κ2) is 9.45. The van der Waals surface area contributed by atoms with Gasteiger partial charge in [0, 0.05) is 18.2 Å². The van der Waals surface area contributed by atoms with Crippen LogP contribution in [0.3, 0.4) is 0 Å². The maximum absolute atomic E-state index is 12.7. The zero-order chi connectivity index (χ0) is 21.6. The number of halogens is 3. The molecule has 3 aromatic carbocycles. The molecule has 0 radical (unpaired) electrons. The Labute approximate surface area is 172 Å². The first-order valence-electron chi connectivity index (χ1n) is 9.14. The van der Waals surface area contributed by atoms with E-state index in [1.54, 1.807) is 24.3 Å². The van der Waals surface area contributed by atoms with E-state index in [1.165, 1.54) is 19.2 Å². The van der Waals surface area contributed by atoms with Crippen molar-refractivity contribution in [3.8, 4) is 5.75 Å². The number of hydrogen-bond donors (Lipinski definition) is 1. The number of benzene rings is 3. The molecule has 0 bridgehead atoms. The Kier molecular flexibility index (Phi) is 6.74. The summed E-state index contributed by atoms with van der Waals surface area (Å²) in [6.07, 6.45) is -5.30. The molecule has 156 valence electrons. The van der Waals surface area contributed by atoms with E-state index in [2.05, 4.69) is 5.32 Å². The summed E-state index contributed by atoms with van der Waals surface area (Å²) < 4.78 is 49.0. The molecular weight excluding hydrogens is 395 g/mol. The molecule has 1 atom stereocenters. The van der Waals surface area contributed by atoms with Crippen molar-refractivity contribution in [1.29, 1.82) is 0 Å². The molecule has 3 aromatic rings. The minimum Gasteiger partial charge on any atom is -0.489 e. The number of carbonyl (C=O) groups excluding carboxylic acids is 1. The van der Waals surface area contributed by atoms with Gasteiger partial charge in [-0.2, -0.15) is 13.2 Å². The van der Waals surface area contributed by atoms with E-state index in [4.69, 9.17) is 9.47 Å². The highest BCUT2D eigenvalue weighted by Gasteiger charge is 2.30. The van der Waals surface area contributed by atoms with Gasteiger partial charge in [-0.3, -0.25) is 4.79 Å². The molecular formula is C23H20F3NO3. The van der Waals surface area contributed by atoms with Gasteiger partial charge in [-0.05, 0) is 42.0 Å². The summed E-state index contributed by atoms with van der Waals surface area (Å²) in [7, 11) is 1.36. The Morgan fingerprint density at radius 1 is 0.933 bits per heavy atom. The third-order valence-electron chi connectivity index (χ3n) is 4.40. The highest BCUT2D eigenvalue weighted by atomic mass is 19.4. The largest absolute Gasteiger partial charge is 0.489 e. The fourth-order valence-electron chi connectivity index (χ4n) is 2.77. The molecule has 30 heavy (non-hydrogen) atoms. The second-order valence-electron chi connectivity index (χ2n) is 6.51. The molecule has 7 heteroatoms. The van der Waals surface area contributed by atoms with Crippen molar-refractivity contribution < 1.29 is 27.4 Å². The van der Waals surface area contributed by atoms with E-state index in [9.17, 15) is 18.0 Å². The minimum absolute atomic E-state index is 0.371. The number of amides is 1. The third kappa shape index (κ3) is 5.61. The number of carbonyl (C=O) groups is 1. The summed E-state index contributed by atoms with van der Waals surface area (Å²) in [6.45, 7) is 0.409. The maximum atomic E-state index is 12.7. The van der Waals surface area contributed by atoms with Crippen molar-refractivity contribution >= 4 is 5.91 Å². The molecule has 0 heterocycles. The van der Waals surface area contributed by atoms with Gasteiger partial charge >= 0.3 is 6.18 Å². The third-order valence-corrected chi connectivity index (χ3v) is 4.40. The highest BCUT2D eigenvalue weighted by Crippen LogP contribution is 2.30. The molecule has 0 saturated carbocycles. The summed E-state index contributed by atoms with van der Waals surface area (Å²) in [5.74, 6) is 0.192. The number of hydrogen-bond acceptors (Lipinski definition) is 3. The molecule has 3 rings (SSSR count). The maximum Gasteiger partial charge on any atom is 0.416 e. The van der Waals surface area contributed by atoms with Gasteiger partial charge < -0.3 is 14.8 Å². The Morgan fingerprint density at radius 3 is 2.13 bits per heavy atom. The van der Waals surface area contributed by atoms with E-state index in [0.717, 1.165) is 17.7 Å². The van der Waals surface area contributed by atoms with Gasteiger partial charge in [0.05, 0.1) is 5.56 Å². The molecule has 0 saturated heterocycles. The molecule has 0 aliphatic heterocycles. The van der Waals surface area contributed by atoms with Gasteiger partial charge in [-0.15, -0.1) is 0 Å². The van der Waals surface area contributed by atoms with Gasteiger partial charge in [-0.1, -0.05) is 42.5 Å². The van der Waals surface area contributed by atoms with Gasteiger partial charge in [0.2, 0.25) is 0 Å². The van der Waals surface area contributed by atoms with E-state index in [0.29, 0.717) is 23.5 Å². The van der Waals surface area contributed by atoms with Crippen LogP contribution in [-0.4, -0.2) is 13.0 Å². The normalized spacial score (nSPS) is 12.3. The molecule has 0 aromatic heterocycles. The van der Waals surface area contributed by atoms with Crippen molar-refractivity contribution in [3.63, 3.8) is 0 Å². The molecule has 4 nitrogen and oxygen atoms in total. The lowest BCUT2D eigenvalue weighted by Gasteiger charge is -2.18. The van der Waals surface area contributed by atoms with Gasteiger partial charge in [0.25, 0.3) is 5.91 Å². The Morgan fingerprint density at radius 2 is 1.57 bits per heavy atom. The van der Waals surface area contributed by atoms with Gasteiger partial charge in [0.15, 0.2) is 6.23 Å². The van der Waals surface area contributed by atoms with Crippen LogP contribution >= 0.6 is 0 Å². The van der Waals surface area contributed by atoms with Crippen LogP contribution < -0.4 is 10.1 Å². The smallest absolute Gasteiger partial charge is 0.416 e. The molecule has 0 fully saturated rings. The van der Waals surface area contributed by atoms with Crippen molar-refractivity contribution in [2.45, 2.75) is 19.0 Å². The predicted octanol–water partition coefficient (Wildman–Crippen LogP) is 5.36. The first-order valence-corrected chi connectivity index (χ1v) is 9.14. The highest BCUT2D eigenvalue weighted by molar-refractivity contribution is 5.94. The first-order chi connectivity index (χ1) is 14.4. The standard InChI is InChI=1S/C23H20F3NO3/c1-29-22(18-7-11-19(12-8-18)23(24,25)26)27-21(28)17-9-13-20(14-10-17)30-15-16-5-3-2-4-6-16/h2-14,22H,15H2,1H3,(H,27,28). The van der Waals surface area contributed by atoms with Crippen LogP contribution in [0.15, 0.2) is 78.9 Å². The Balaban J connectivity index is 1.61. The number of methoxy groups -OCH3 is 1. The van der Waals surface area contributed by atoms with Crippen molar-refractivity contribution in [1.82, 2.24) is 5.32 Å². The average Bonchev–Trinajstić information content (AvgIpc) is 2.76. The summed E-state index contributed by atoms with van der Waals surface area (Å²) in [4.78, 5) is 12.5. The van der Waals surface area contributed by atoms with Crippen LogP contribution in [0.4, 0.5) is 13.2 Å².